The fourth-order valence-electron chi connectivity index (χ4n) is 9.44. The molecule has 268 valence electrons. The van der Waals surface area contributed by atoms with Gasteiger partial charge in [0.25, 0.3) is 0 Å². The quantitative estimate of drug-likeness (QED) is 0.181. The highest BCUT2D eigenvalue weighted by molar-refractivity contribution is 5.93. The van der Waals surface area contributed by atoms with Gasteiger partial charge in [-0.15, -0.1) is 0 Å². The van der Waals surface area contributed by atoms with Crippen LogP contribution in [-0.4, -0.2) is 81.0 Å². The SMILES string of the molecule is CC(C)C[C@H](NC(=O)[C@@H](NC(=O)CCC(=O)OCC(=O)[C@@]1(O)CC[C@H]2[C@H]3CCC4=CC(=O)CC[C@]4(C)[C@@H]3[C@@H](O)C[C@@]21C)C(C)C)C(=O)O. The second kappa shape index (κ2) is 14.4. The summed E-state index contributed by atoms with van der Waals surface area (Å²) in [6.45, 7) is 10.4. The van der Waals surface area contributed by atoms with Gasteiger partial charge in [0.1, 0.15) is 17.7 Å². The number of carboxylic acids is 1. The first-order chi connectivity index (χ1) is 22.3. The Kier molecular flexibility index (Phi) is 11.3. The first kappa shape index (κ1) is 37.7. The van der Waals surface area contributed by atoms with E-state index in [0.29, 0.717) is 19.3 Å². The molecule has 5 N–H and O–H groups in total. The lowest BCUT2D eigenvalue weighted by Crippen LogP contribution is -2.62. The van der Waals surface area contributed by atoms with E-state index in [1.54, 1.807) is 19.9 Å². The minimum absolute atomic E-state index is 0.0162. The van der Waals surface area contributed by atoms with Gasteiger partial charge < -0.3 is 30.7 Å². The molecule has 4 aliphatic rings. The molecule has 0 aromatic carbocycles. The van der Waals surface area contributed by atoms with Gasteiger partial charge in [0.15, 0.2) is 12.4 Å². The van der Waals surface area contributed by atoms with Crippen LogP contribution in [0.5, 0.6) is 0 Å². The van der Waals surface area contributed by atoms with Crippen LogP contribution in [0, 0.1) is 40.4 Å². The molecule has 3 fully saturated rings. The summed E-state index contributed by atoms with van der Waals surface area (Å²) in [5, 5.41) is 38.0. The lowest BCUT2D eigenvalue weighted by atomic mass is 9.45. The van der Waals surface area contributed by atoms with E-state index in [4.69, 9.17) is 4.74 Å². The fraction of sp³-hybridized carbons (Fsp3) is 0.778. The van der Waals surface area contributed by atoms with Crippen LogP contribution in [0.4, 0.5) is 0 Å². The molecule has 12 heteroatoms. The van der Waals surface area contributed by atoms with Gasteiger partial charge >= 0.3 is 11.9 Å². The Hall–Kier alpha value is -3.12. The number of Topliss-reactive ketones (excluding diaryl/α,β-unsaturated/α-hetero) is 1. The third-order valence-corrected chi connectivity index (χ3v) is 12.0. The van der Waals surface area contributed by atoms with E-state index >= 15 is 0 Å². The van der Waals surface area contributed by atoms with E-state index in [9.17, 15) is 44.1 Å². The number of nitrogens with one attached hydrogen (secondary N) is 2. The lowest BCUT2D eigenvalue weighted by molar-refractivity contribution is -0.184. The zero-order chi connectivity index (χ0) is 35.8. The number of hydrogen-bond acceptors (Lipinski definition) is 9. The predicted octanol–water partition coefficient (Wildman–Crippen LogP) is 2.87. The smallest absolute Gasteiger partial charge is 0.326 e. The molecular weight excluding hydrogens is 620 g/mol. The van der Waals surface area contributed by atoms with E-state index < -0.39 is 65.3 Å². The highest BCUT2D eigenvalue weighted by Gasteiger charge is 2.68. The van der Waals surface area contributed by atoms with Crippen molar-refractivity contribution >= 4 is 35.3 Å². The van der Waals surface area contributed by atoms with Crippen molar-refractivity contribution in [1.82, 2.24) is 10.6 Å². The number of ketones is 2. The first-order valence-corrected chi connectivity index (χ1v) is 17.5. The van der Waals surface area contributed by atoms with Crippen molar-refractivity contribution in [3.8, 4) is 0 Å². The summed E-state index contributed by atoms with van der Waals surface area (Å²) in [5.41, 5.74) is -1.90. The molecule has 48 heavy (non-hydrogen) atoms. The molecule has 3 saturated carbocycles. The predicted molar refractivity (Wildman–Crippen MR) is 174 cm³/mol. The molecule has 0 saturated heterocycles. The van der Waals surface area contributed by atoms with E-state index in [-0.39, 0.29) is 72.9 Å². The van der Waals surface area contributed by atoms with Gasteiger partial charge in [0.2, 0.25) is 17.6 Å². The number of aliphatic hydroxyl groups excluding tert-OH is 1. The van der Waals surface area contributed by atoms with Crippen molar-refractivity contribution in [2.45, 2.75) is 130 Å². The number of aliphatic hydroxyl groups is 2. The maximum absolute atomic E-state index is 13.5. The standard InChI is InChI=1S/C36H54N2O10/c1-19(2)15-25(33(45)46)37-32(44)31(20(3)4)38-28(42)9-10-29(43)48-18-27(41)36(47)14-12-24-23-8-7-21-16-22(39)11-13-34(21,5)30(23)26(40)17-35(24,36)6/h16,19-20,23-26,30-31,40,47H,7-15,17-18H2,1-6H3,(H,37,44)(H,38,42)(H,45,46)/t23-,24+,25+,26+,30+,31+,34+,35+,36+/m1/s1. The summed E-state index contributed by atoms with van der Waals surface area (Å²) in [5.74, 6) is -4.07. The van der Waals surface area contributed by atoms with E-state index in [1.165, 1.54) is 0 Å². The summed E-state index contributed by atoms with van der Waals surface area (Å²) in [7, 11) is 0. The molecule has 0 spiro atoms. The van der Waals surface area contributed by atoms with Crippen LogP contribution in [0.25, 0.3) is 0 Å². The molecular formula is C36H54N2O10. The van der Waals surface area contributed by atoms with Crippen LogP contribution < -0.4 is 10.6 Å². The summed E-state index contributed by atoms with van der Waals surface area (Å²) >= 11 is 0. The summed E-state index contributed by atoms with van der Waals surface area (Å²) in [6, 6.07) is -2.12. The van der Waals surface area contributed by atoms with E-state index in [1.807, 2.05) is 20.8 Å². The number of allylic oxidation sites excluding steroid dienone is 1. The Balaban J connectivity index is 1.32. The van der Waals surface area contributed by atoms with Gasteiger partial charge in [-0.25, -0.2) is 4.79 Å². The topological polar surface area (TPSA) is 196 Å². The number of carbonyl (C=O) groups excluding carboxylic acids is 5. The summed E-state index contributed by atoms with van der Waals surface area (Å²) in [4.78, 5) is 75.4. The van der Waals surface area contributed by atoms with Gasteiger partial charge in [-0.2, -0.15) is 0 Å². The highest BCUT2D eigenvalue weighted by Crippen LogP contribution is 2.67. The number of amides is 2. The van der Waals surface area contributed by atoms with Crippen molar-refractivity contribution in [1.29, 1.82) is 0 Å². The van der Waals surface area contributed by atoms with Crippen LogP contribution >= 0.6 is 0 Å². The normalized spacial score (nSPS) is 33.9. The maximum atomic E-state index is 13.5. The number of esters is 1. The number of fused-ring (bicyclic) bond motifs is 5. The van der Waals surface area contributed by atoms with Crippen LogP contribution in [0.1, 0.15) is 106 Å². The van der Waals surface area contributed by atoms with Crippen LogP contribution in [0.15, 0.2) is 11.6 Å². The second-order valence-corrected chi connectivity index (χ2v) is 15.9. The molecule has 4 aliphatic carbocycles. The summed E-state index contributed by atoms with van der Waals surface area (Å²) < 4.78 is 5.23. The third-order valence-electron chi connectivity index (χ3n) is 12.0. The Morgan fingerprint density at radius 2 is 1.69 bits per heavy atom. The van der Waals surface area contributed by atoms with Crippen molar-refractivity contribution in [2.24, 2.45) is 40.4 Å². The Morgan fingerprint density at radius 1 is 1.00 bits per heavy atom. The van der Waals surface area contributed by atoms with Crippen molar-refractivity contribution in [3.63, 3.8) is 0 Å². The van der Waals surface area contributed by atoms with Crippen molar-refractivity contribution < 1.29 is 48.8 Å². The van der Waals surface area contributed by atoms with Gasteiger partial charge in [0.05, 0.1) is 12.5 Å². The molecule has 0 aromatic heterocycles. The van der Waals surface area contributed by atoms with Crippen molar-refractivity contribution in [3.05, 3.63) is 11.6 Å². The molecule has 0 aliphatic heterocycles. The Morgan fingerprint density at radius 3 is 2.31 bits per heavy atom. The number of ether oxygens (including phenoxy) is 1. The Labute approximate surface area is 282 Å². The minimum Gasteiger partial charge on any atom is -0.480 e. The molecule has 4 rings (SSSR count). The summed E-state index contributed by atoms with van der Waals surface area (Å²) in [6.07, 6.45) is 4.21. The fourth-order valence-corrected chi connectivity index (χ4v) is 9.44. The zero-order valence-electron chi connectivity index (χ0n) is 29.2. The van der Waals surface area contributed by atoms with Crippen molar-refractivity contribution in [2.75, 3.05) is 6.61 Å². The number of rotatable bonds is 13. The van der Waals surface area contributed by atoms with Crippen LogP contribution in [0.2, 0.25) is 0 Å². The average molecular weight is 675 g/mol. The lowest BCUT2D eigenvalue weighted by Gasteiger charge is -2.60. The van der Waals surface area contributed by atoms with Gasteiger partial charge in [0, 0.05) is 18.3 Å². The van der Waals surface area contributed by atoms with Crippen LogP contribution in [0.3, 0.4) is 0 Å². The molecule has 0 bridgehead atoms. The molecule has 0 radical (unpaired) electrons. The van der Waals surface area contributed by atoms with Gasteiger partial charge in [-0.3, -0.25) is 24.0 Å². The molecule has 0 aromatic rings. The van der Waals surface area contributed by atoms with Crippen LogP contribution in [-0.2, 0) is 33.5 Å². The molecule has 0 unspecified atom stereocenters. The minimum atomic E-state index is -1.79. The zero-order valence-corrected chi connectivity index (χ0v) is 29.2. The molecule has 0 heterocycles. The number of carbonyl (C=O) groups is 6. The maximum Gasteiger partial charge on any atom is 0.326 e. The largest absolute Gasteiger partial charge is 0.480 e. The van der Waals surface area contributed by atoms with Gasteiger partial charge in [-0.1, -0.05) is 47.1 Å². The number of hydrogen-bond donors (Lipinski definition) is 5. The third kappa shape index (κ3) is 7.25. The molecule has 9 atom stereocenters. The Bertz CT molecular complexity index is 1340. The van der Waals surface area contributed by atoms with E-state index in [0.717, 1.165) is 18.4 Å². The number of aliphatic carboxylic acids is 1. The monoisotopic (exact) mass is 674 g/mol. The van der Waals surface area contributed by atoms with E-state index in [2.05, 4.69) is 17.6 Å². The highest BCUT2D eigenvalue weighted by atomic mass is 16.5. The number of carboxylic acid groups (broad SMARTS) is 1. The molecule has 2 amide bonds. The average Bonchev–Trinajstić information content (AvgIpc) is 3.27. The molecule has 12 nitrogen and oxygen atoms in total. The first-order valence-electron chi connectivity index (χ1n) is 17.5. The second-order valence-electron chi connectivity index (χ2n) is 15.9. The van der Waals surface area contributed by atoms with Gasteiger partial charge in [-0.05, 0) is 86.0 Å².